The Labute approximate surface area is 163 Å². The lowest BCUT2D eigenvalue weighted by Crippen LogP contribution is -2.54. The summed E-state index contributed by atoms with van der Waals surface area (Å²) in [5, 5.41) is 0. The second-order valence-corrected chi connectivity index (χ2v) is 8.85. The van der Waals surface area contributed by atoms with Gasteiger partial charge >= 0.3 is 0 Å². The molecule has 1 aromatic rings. The van der Waals surface area contributed by atoms with Crippen LogP contribution in [0.25, 0.3) is 0 Å². The number of carbonyl (C=O) groups excluding carboxylic acids is 1. The molecular weight excluding hydrogens is 338 g/mol. The van der Waals surface area contributed by atoms with E-state index in [4.69, 9.17) is 4.74 Å². The maximum absolute atomic E-state index is 12.6. The highest BCUT2D eigenvalue weighted by atomic mass is 16.5. The van der Waals surface area contributed by atoms with E-state index in [0.29, 0.717) is 17.4 Å². The first-order valence-corrected chi connectivity index (χ1v) is 10.4. The predicted octanol–water partition coefficient (Wildman–Crippen LogP) is 2.60. The Morgan fingerprint density at radius 2 is 1.85 bits per heavy atom. The number of ether oxygens (including phenoxy) is 1. The van der Waals surface area contributed by atoms with Gasteiger partial charge in [-0.3, -0.25) is 9.69 Å². The molecule has 1 aromatic carbocycles. The quantitative estimate of drug-likeness (QED) is 0.815. The first kappa shape index (κ1) is 18.8. The fraction of sp³-hybridized carbons (Fsp3) is 0.682. The highest BCUT2D eigenvalue weighted by Crippen LogP contribution is 2.41. The van der Waals surface area contributed by atoms with Gasteiger partial charge in [-0.1, -0.05) is 12.1 Å². The van der Waals surface area contributed by atoms with Crippen LogP contribution >= 0.6 is 0 Å². The van der Waals surface area contributed by atoms with E-state index in [-0.39, 0.29) is 0 Å². The minimum Gasteiger partial charge on any atom is -0.497 e. The average molecular weight is 372 g/mol. The van der Waals surface area contributed by atoms with Gasteiger partial charge in [0.15, 0.2) is 0 Å². The van der Waals surface area contributed by atoms with Crippen molar-refractivity contribution in [2.45, 2.75) is 44.7 Å². The summed E-state index contributed by atoms with van der Waals surface area (Å²) in [4.78, 5) is 19.7. The van der Waals surface area contributed by atoms with E-state index in [2.05, 4.69) is 33.9 Å². The molecule has 27 heavy (non-hydrogen) atoms. The molecule has 3 heterocycles. The second-order valence-electron chi connectivity index (χ2n) is 8.85. The van der Waals surface area contributed by atoms with Crippen molar-refractivity contribution in [3.8, 4) is 5.75 Å². The molecule has 0 aliphatic carbocycles. The molecule has 3 fully saturated rings. The molecule has 3 aliphatic heterocycles. The van der Waals surface area contributed by atoms with Crippen molar-refractivity contribution in [1.82, 2.24) is 14.7 Å². The first-order valence-electron chi connectivity index (χ1n) is 10.4. The van der Waals surface area contributed by atoms with Gasteiger partial charge in [-0.2, -0.15) is 0 Å². The number of piperidine rings is 2. The highest BCUT2D eigenvalue weighted by Gasteiger charge is 2.43. The number of nitrogens with zero attached hydrogens (tertiary/aromatic N) is 3. The minimum absolute atomic E-state index is 0.353. The van der Waals surface area contributed by atoms with Crippen LogP contribution in [0, 0.1) is 5.41 Å². The van der Waals surface area contributed by atoms with Crippen LogP contribution in [0.3, 0.4) is 0 Å². The summed E-state index contributed by atoms with van der Waals surface area (Å²) < 4.78 is 5.25. The molecule has 0 aromatic heterocycles. The normalized spacial score (nSPS) is 26.7. The van der Waals surface area contributed by atoms with Crippen molar-refractivity contribution in [1.29, 1.82) is 0 Å². The molecule has 5 heteroatoms. The van der Waals surface area contributed by atoms with Crippen molar-refractivity contribution < 1.29 is 9.53 Å². The smallest absolute Gasteiger partial charge is 0.222 e. The molecule has 0 N–H and O–H groups in total. The number of methoxy groups -OCH3 is 1. The fourth-order valence-electron chi connectivity index (χ4n) is 5.13. The maximum Gasteiger partial charge on any atom is 0.222 e. The third-order valence-electron chi connectivity index (χ3n) is 6.98. The van der Waals surface area contributed by atoms with Gasteiger partial charge in [-0.25, -0.2) is 0 Å². The van der Waals surface area contributed by atoms with E-state index >= 15 is 0 Å². The van der Waals surface area contributed by atoms with Crippen LogP contribution in [-0.2, 0) is 11.3 Å². The van der Waals surface area contributed by atoms with Gasteiger partial charge in [0.2, 0.25) is 5.91 Å². The molecule has 3 saturated heterocycles. The van der Waals surface area contributed by atoms with Crippen molar-refractivity contribution in [3.63, 3.8) is 0 Å². The molecule has 5 nitrogen and oxygen atoms in total. The van der Waals surface area contributed by atoms with E-state index in [1.54, 1.807) is 7.11 Å². The van der Waals surface area contributed by atoms with E-state index < -0.39 is 0 Å². The van der Waals surface area contributed by atoms with Gasteiger partial charge in [-0.05, 0) is 75.5 Å². The summed E-state index contributed by atoms with van der Waals surface area (Å²) in [5.41, 5.74) is 1.70. The van der Waals surface area contributed by atoms with E-state index in [0.717, 1.165) is 64.3 Å². The first-order chi connectivity index (χ1) is 13.1. The topological polar surface area (TPSA) is 36.0 Å². The standard InChI is InChI=1S/C22H33N3O2/c1-23-12-8-19(16-23)25-17-22(9-7-21(25)26)10-13-24(14-11-22)15-18-3-5-20(27-2)6-4-18/h3-6,19H,7-17H2,1-2H3/t19-/m0/s1. The van der Waals surface area contributed by atoms with Gasteiger partial charge in [0.1, 0.15) is 5.75 Å². The lowest BCUT2D eigenvalue weighted by atomic mass is 9.72. The van der Waals surface area contributed by atoms with Crippen LogP contribution in [-0.4, -0.2) is 73.5 Å². The number of benzene rings is 1. The molecule has 1 amide bonds. The van der Waals surface area contributed by atoms with E-state index in [9.17, 15) is 4.79 Å². The van der Waals surface area contributed by atoms with Crippen LogP contribution in [0.15, 0.2) is 24.3 Å². The van der Waals surface area contributed by atoms with Crippen LogP contribution in [0.1, 0.15) is 37.7 Å². The molecule has 0 radical (unpaired) electrons. The summed E-state index contributed by atoms with van der Waals surface area (Å²) in [5.74, 6) is 1.31. The van der Waals surface area contributed by atoms with Gasteiger partial charge < -0.3 is 14.5 Å². The fourth-order valence-corrected chi connectivity index (χ4v) is 5.13. The Hall–Kier alpha value is -1.59. The summed E-state index contributed by atoms with van der Waals surface area (Å²) in [6.45, 7) is 6.44. The van der Waals surface area contributed by atoms with Crippen LogP contribution < -0.4 is 4.74 Å². The summed E-state index contributed by atoms with van der Waals surface area (Å²) in [7, 11) is 3.88. The van der Waals surface area contributed by atoms with Crippen molar-refractivity contribution >= 4 is 5.91 Å². The lowest BCUT2D eigenvalue weighted by Gasteiger charge is -2.49. The number of carbonyl (C=O) groups is 1. The second kappa shape index (κ2) is 7.80. The monoisotopic (exact) mass is 371 g/mol. The highest BCUT2D eigenvalue weighted by molar-refractivity contribution is 5.77. The Balaban J connectivity index is 1.33. The van der Waals surface area contributed by atoms with E-state index in [1.807, 2.05) is 12.1 Å². The van der Waals surface area contributed by atoms with Gasteiger partial charge in [0.25, 0.3) is 0 Å². The van der Waals surface area contributed by atoms with Gasteiger partial charge in [-0.15, -0.1) is 0 Å². The Morgan fingerprint density at radius 3 is 2.48 bits per heavy atom. The third kappa shape index (κ3) is 4.14. The summed E-state index contributed by atoms with van der Waals surface area (Å²) in [6.07, 6.45) is 5.41. The van der Waals surface area contributed by atoms with Crippen molar-refractivity contribution in [2.75, 3.05) is 46.9 Å². The Bertz CT molecular complexity index is 652. The zero-order chi connectivity index (χ0) is 18.9. The van der Waals surface area contributed by atoms with Crippen molar-refractivity contribution in [2.24, 2.45) is 5.41 Å². The summed E-state index contributed by atoms with van der Waals surface area (Å²) in [6, 6.07) is 8.87. The molecule has 0 saturated carbocycles. The largest absolute Gasteiger partial charge is 0.497 e. The molecule has 0 unspecified atom stereocenters. The number of amides is 1. The number of likely N-dealkylation sites (tertiary alicyclic amines) is 3. The third-order valence-corrected chi connectivity index (χ3v) is 6.98. The Morgan fingerprint density at radius 1 is 1.11 bits per heavy atom. The zero-order valence-electron chi connectivity index (χ0n) is 16.8. The van der Waals surface area contributed by atoms with E-state index in [1.165, 1.54) is 18.4 Å². The number of likely N-dealkylation sites (N-methyl/N-ethyl adjacent to an activating group) is 1. The SMILES string of the molecule is COc1ccc(CN2CCC3(CCC(=O)N([C@H]4CCN(C)C4)C3)CC2)cc1. The predicted molar refractivity (Wildman–Crippen MR) is 107 cm³/mol. The van der Waals surface area contributed by atoms with Crippen LogP contribution in [0.2, 0.25) is 0 Å². The lowest BCUT2D eigenvalue weighted by molar-refractivity contribution is -0.142. The van der Waals surface area contributed by atoms with Gasteiger partial charge in [0.05, 0.1) is 7.11 Å². The Kier molecular flexibility index (Phi) is 5.42. The number of hydrogen-bond acceptors (Lipinski definition) is 4. The zero-order valence-corrected chi connectivity index (χ0v) is 16.8. The van der Waals surface area contributed by atoms with Crippen LogP contribution in [0.4, 0.5) is 0 Å². The molecule has 4 rings (SSSR count). The molecular formula is C22H33N3O2. The average Bonchev–Trinajstić information content (AvgIpc) is 3.13. The summed E-state index contributed by atoms with van der Waals surface area (Å²) >= 11 is 0. The maximum atomic E-state index is 12.6. The molecule has 0 bridgehead atoms. The molecule has 1 atom stereocenters. The van der Waals surface area contributed by atoms with Gasteiger partial charge in [0, 0.05) is 32.1 Å². The molecule has 3 aliphatic rings. The number of hydrogen-bond donors (Lipinski definition) is 0. The molecule has 148 valence electrons. The van der Waals surface area contributed by atoms with Crippen molar-refractivity contribution in [3.05, 3.63) is 29.8 Å². The molecule has 1 spiro atoms. The van der Waals surface area contributed by atoms with Crippen LogP contribution in [0.5, 0.6) is 5.75 Å². The number of rotatable bonds is 4. The minimum atomic E-state index is 0.353.